The molecular weight excluding hydrogens is 131 g/mol. The van der Waals surface area contributed by atoms with Crippen LogP contribution >= 0.6 is 0 Å². The smallest absolute Gasteiger partial charge is 0.255 e. The average Bonchev–Trinajstić information content (AvgIpc) is 1.71. The van der Waals surface area contributed by atoms with Gasteiger partial charge < -0.3 is 0 Å². The molecule has 0 amide bonds. The fourth-order valence-electron chi connectivity index (χ4n) is 0. The number of halogens is 5. The van der Waals surface area contributed by atoms with Crippen molar-refractivity contribution in [3.63, 3.8) is 0 Å². The summed E-state index contributed by atoms with van der Waals surface area (Å²) in [7, 11) is 0.500. The van der Waals surface area contributed by atoms with Gasteiger partial charge in [-0.25, -0.2) is 4.39 Å². The third kappa shape index (κ3) is 17.4. The number of hydrogen-bond acceptors (Lipinski definition) is 0. The van der Waals surface area contributed by atoms with Gasteiger partial charge in [-0.1, -0.05) is 0 Å². The van der Waals surface area contributed by atoms with Gasteiger partial charge in [0.15, 0.2) is 6.67 Å². The van der Waals surface area contributed by atoms with E-state index in [1.165, 1.54) is 0 Å². The lowest BCUT2D eigenvalue weighted by atomic mass is 10.8. The van der Waals surface area contributed by atoms with E-state index >= 15 is 0 Å². The van der Waals surface area contributed by atoms with Crippen molar-refractivity contribution in [1.82, 2.24) is 0 Å². The minimum Gasteiger partial charge on any atom is -0.255 e. The molecule has 0 nitrogen and oxygen atoms in total. The molecule has 8 heavy (non-hydrogen) atoms. The molecule has 0 saturated carbocycles. The first-order valence-corrected chi connectivity index (χ1v) is 1.57. The second-order valence-electron chi connectivity index (χ2n) is 0.749. The van der Waals surface area contributed by atoms with Crippen molar-refractivity contribution in [3.8, 4) is 0 Å². The van der Waals surface area contributed by atoms with Crippen LogP contribution in [0, 0.1) is 0 Å². The Morgan fingerprint density at radius 3 is 1.25 bits per heavy atom. The molecule has 0 aromatic carbocycles. The van der Waals surface area contributed by atoms with Crippen molar-refractivity contribution in [2.75, 3.05) is 13.9 Å². The molecule has 0 aliphatic rings. The zero-order valence-electron chi connectivity index (χ0n) is 4.10. The van der Waals surface area contributed by atoms with Crippen molar-refractivity contribution in [2.24, 2.45) is 0 Å². The number of rotatable bonds is 0. The molecule has 0 unspecified atom stereocenters. The predicted molar refractivity (Wildman–Crippen MR) is 19.1 cm³/mol. The predicted octanol–water partition coefficient (Wildman–Crippen LogP) is 2.10. The molecule has 0 bridgehead atoms. The van der Waals surface area contributed by atoms with E-state index in [0.29, 0.717) is 7.18 Å². The Balaban J connectivity index is 0. The van der Waals surface area contributed by atoms with Crippen LogP contribution in [0.5, 0.6) is 0 Å². The van der Waals surface area contributed by atoms with E-state index in [1.807, 2.05) is 0 Å². The molecule has 0 rings (SSSR count). The first-order chi connectivity index (χ1) is 3.56. The van der Waals surface area contributed by atoms with E-state index in [4.69, 9.17) is 0 Å². The van der Waals surface area contributed by atoms with Crippen molar-refractivity contribution in [3.05, 3.63) is 0 Å². The number of hydrogen-bond donors (Lipinski definition) is 0. The summed E-state index contributed by atoms with van der Waals surface area (Å²) in [5.41, 5.74) is 0. The van der Waals surface area contributed by atoms with Crippen LogP contribution < -0.4 is 0 Å². The molecule has 0 radical (unpaired) electrons. The summed E-state index contributed by atoms with van der Waals surface area (Å²) in [6.07, 6.45) is -4.62. The van der Waals surface area contributed by atoms with Gasteiger partial charge in [0.1, 0.15) is 0 Å². The third-order valence-corrected chi connectivity index (χ3v) is 0.152. The standard InChI is InChI=1S/C2H2F4.CH3F/c3-1-2(4,5)6;1-2/h1H2;1H3. The Bertz CT molecular complexity index is 37.4. The lowest BCUT2D eigenvalue weighted by Gasteiger charge is -1.93. The lowest BCUT2D eigenvalue weighted by Crippen LogP contribution is -2.08. The second-order valence-corrected chi connectivity index (χ2v) is 0.749. The zero-order valence-corrected chi connectivity index (χ0v) is 4.10. The summed E-state index contributed by atoms with van der Waals surface area (Å²) >= 11 is 0. The lowest BCUT2D eigenvalue weighted by molar-refractivity contribution is -0.142. The van der Waals surface area contributed by atoms with E-state index < -0.39 is 12.9 Å². The van der Waals surface area contributed by atoms with E-state index in [1.54, 1.807) is 0 Å². The molecule has 0 N–H and O–H groups in total. The third-order valence-electron chi connectivity index (χ3n) is 0.152. The molecule has 5 heteroatoms. The van der Waals surface area contributed by atoms with Gasteiger partial charge in [0, 0.05) is 0 Å². The van der Waals surface area contributed by atoms with Crippen LogP contribution in [-0.4, -0.2) is 20.0 Å². The van der Waals surface area contributed by atoms with E-state index in [2.05, 4.69) is 0 Å². The monoisotopic (exact) mass is 136 g/mol. The van der Waals surface area contributed by atoms with E-state index in [-0.39, 0.29) is 0 Å². The number of alkyl halides is 5. The van der Waals surface area contributed by atoms with Crippen LogP contribution in [-0.2, 0) is 0 Å². The molecule has 0 aliphatic carbocycles. The fourth-order valence-corrected chi connectivity index (χ4v) is 0. The quantitative estimate of drug-likeness (QED) is 0.447. The minimum atomic E-state index is -4.62. The van der Waals surface area contributed by atoms with Crippen molar-refractivity contribution in [1.29, 1.82) is 0 Å². The Hall–Kier alpha value is -0.350. The van der Waals surface area contributed by atoms with Crippen molar-refractivity contribution in [2.45, 2.75) is 6.18 Å². The van der Waals surface area contributed by atoms with E-state index in [9.17, 15) is 22.0 Å². The van der Waals surface area contributed by atoms with Crippen LogP contribution in [0.4, 0.5) is 22.0 Å². The molecule has 0 saturated heterocycles. The molecule has 0 atom stereocenters. The highest BCUT2D eigenvalue weighted by molar-refractivity contribution is 4.39. The van der Waals surface area contributed by atoms with Crippen LogP contribution in [0.25, 0.3) is 0 Å². The largest absolute Gasteiger partial charge is 0.416 e. The maximum absolute atomic E-state index is 10.4. The SMILES string of the molecule is CF.FCC(F)(F)F. The van der Waals surface area contributed by atoms with Crippen LogP contribution in [0.2, 0.25) is 0 Å². The summed E-state index contributed by atoms with van der Waals surface area (Å²) in [5, 5.41) is 0. The van der Waals surface area contributed by atoms with E-state index in [0.717, 1.165) is 0 Å². The fraction of sp³-hybridized carbons (Fsp3) is 1.00. The van der Waals surface area contributed by atoms with Gasteiger partial charge in [0.25, 0.3) is 0 Å². The van der Waals surface area contributed by atoms with Crippen molar-refractivity contribution >= 4 is 0 Å². The summed E-state index contributed by atoms with van der Waals surface area (Å²) in [5.74, 6) is 0. The molecule has 0 aromatic heterocycles. The van der Waals surface area contributed by atoms with Gasteiger partial charge in [-0.15, -0.1) is 0 Å². The normalized spacial score (nSPS) is 9.75. The van der Waals surface area contributed by atoms with Crippen LogP contribution in [0.3, 0.4) is 0 Å². The maximum Gasteiger partial charge on any atom is 0.416 e. The van der Waals surface area contributed by atoms with Gasteiger partial charge in [0.2, 0.25) is 0 Å². The highest BCUT2D eigenvalue weighted by Gasteiger charge is 2.26. The topological polar surface area (TPSA) is 0 Å². The maximum atomic E-state index is 10.4. The highest BCUT2D eigenvalue weighted by atomic mass is 19.4. The molecule has 0 aliphatic heterocycles. The second kappa shape index (κ2) is 4.80. The molecule has 0 fully saturated rings. The van der Waals surface area contributed by atoms with Crippen LogP contribution in [0.1, 0.15) is 0 Å². The van der Waals surface area contributed by atoms with Gasteiger partial charge >= 0.3 is 6.18 Å². The summed E-state index contributed by atoms with van der Waals surface area (Å²) in [6.45, 7) is -2.23. The molecular formula is C3H5F5. The minimum absolute atomic E-state index is 0.500. The average molecular weight is 136 g/mol. The zero-order chi connectivity index (χ0) is 7.21. The first-order valence-electron chi connectivity index (χ1n) is 1.57. The molecule has 0 spiro atoms. The first kappa shape index (κ1) is 10.6. The van der Waals surface area contributed by atoms with Crippen molar-refractivity contribution < 1.29 is 22.0 Å². The molecule has 0 aromatic rings. The molecule has 0 heterocycles. The van der Waals surface area contributed by atoms with Gasteiger partial charge in [-0.3, -0.25) is 4.39 Å². The Morgan fingerprint density at radius 2 is 1.25 bits per heavy atom. The molecule has 52 valence electrons. The Kier molecular flexibility index (Phi) is 6.36. The highest BCUT2D eigenvalue weighted by Crippen LogP contribution is 2.13. The summed E-state index contributed by atoms with van der Waals surface area (Å²) in [4.78, 5) is 0. The van der Waals surface area contributed by atoms with Gasteiger partial charge in [-0.05, 0) is 0 Å². The van der Waals surface area contributed by atoms with Gasteiger partial charge in [-0.2, -0.15) is 13.2 Å². The summed E-state index contributed by atoms with van der Waals surface area (Å²) < 4.78 is 51.1. The Morgan fingerprint density at radius 1 is 1.12 bits per heavy atom. The van der Waals surface area contributed by atoms with Crippen LogP contribution in [0.15, 0.2) is 0 Å². The summed E-state index contributed by atoms with van der Waals surface area (Å²) in [6, 6.07) is 0. The Labute approximate surface area is 43.3 Å². The van der Waals surface area contributed by atoms with Gasteiger partial charge in [0.05, 0.1) is 7.18 Å².